The number of rotatable bonds is 3. The summed E-state index contributed by atoms with van der Waals surface area (Å²) in [7, 11) is 0. The van der Waals surface area contributed by atoms with Gasteiger partial charge in [0.05, 0.1) is 16.8 Å². The first kappa shape index (κ1) is 12.8. The van der Waals surface area contributed by atoms with Gasteiger partial charge in [-0.05, 0) is 22.9 Å². The normalized spacial score (nSPS) is 10.6. The topological polar surface area (TPSA) is 59.2 Å². The second-order valence-electron chi connectivity index (χ2n) is 2.80. The number of H-pyrrole nitrogens is 1. The Morgan fingerprint density at radius 2 is 2.25 bits per heavy atom. The van der Waals surface area contributed by atoms with Crippen LogP contribution in [0, 0.1) is 0 Å². The zero-order chi connectivity index (χ0) is 12.3. The highest BCUT2D eigenvalue weighted by Gasteiger charge is 2.19. The summed E-state index contributed by atoms with van der Waals surface area (Å²) in [6.07, 6.45) is -2.91. The van der Waals surface area contributed by atoms with E-state index in [1.807, 2.05) is 0 Å². The van der Waals surface area contributed by atoms with E-state index in [1.54, 1.807) is 6.92 Å². The maximum Gasteiger partial charge on any atom is 0.354 e. The second-order valence-corrected chi connectivity index (χ2v) is 3.59. The molecule has 0 saturated carbocycles. The molecule has 0 radical (unpaired) electrons. The molecular weight excluding hydrogens is 288 g/mol. The van der Waals surface area contributed by atoms with Crippen molar-refractivity contribution in [2.24, 2.45) is 0 Å². The monoisotopic (exact) mass is 295 g/mol. The van der Waals surface area contributed by atoms with Crippen molar-refractivity contribution in [2.75, 3.05) is 6.61 Å². The molecule has 1 rings (SSSR count). The third kappa shape index (κ3) is 2.66. The minimum Gasteiger partial charge on any atom is -0.461 e. The Bertz CT molecular complexity index is 459. The number of pyridine rings is 1. The standard InChI is InChI=1S/C9H8BrF2NO3/c1-2-16-9(15)4-3-5(14)6(8(11)12)7(10)13-4/h3,8H,2H2,1H3,(H,13,14). The lowest BCUT2D eigenvalue weighted by molar-refractivity contribution is 0.0518. The third-order valence-corrected chi connectivity index (χ3v) is 2.36. The fourth-order valence-corrected chi connectivity index (χ4v) is 1.64. The van der Waals surface area contributed by atoms with Crippen LogP contribution in [0.15, 0.2) is 15.5 Å². The van der Waals surface area contributed by atoms with Crippen LogP contribution in [0.25, 0.3) is 0 Å². The summed E-state index contributed by atoms with van der Waals surface area (Å²) in [5.74, 6) is -0.763. The fraction of sp³-hybridized carbons (Fsp3) is 0.333. The van der Waals surface area contributed by atoms with Gasteiger partial charge in [0, 0.05) is 6.07 Å². The highest BCUT2D eigenvalue weighted by molar-refractivity contribution is 9.10. The van der Waals surface area contributed by atoms with Crippen LogP contribution in [0.2, 0.25) is 0 Å². The lowest BCUT2D eigenvalue weighted by Gasteiger charge is -2.05. The van der Waals surface area contributed by atoms with Gasteiger partial charge in [0.25, 0.3) is 6.43 Å². The molecular formula is C9H8BrF2NO3. The number of alkyl halides is 2. The Kier molecular flexibility index (Phi) is 4.17. The van der Waals surface area contributed by atoms with E-state index in [2.05, 4.69) is 25.7 Å². The van der Waals surface area contributed by atoms with Crippen LogP contribution in [0.3, 0.4) is 0 Å². The second kappa shape index (κ2) is 5.20. The van der Waals surface area contributed by atoms with Crippen molar-refractivity contribution < 1.29 is 18.3 Å². The molecule has 16 heavy (non-hydrogen) atoms. The van der Waals surface area contributed by atoms with E-state index in [9.17, 15) is 18.4 Å². The first-order valence-corrected chi connectivity index (χ1v) is 5.14. The number of nitrogens with one attached hydrogen (secondary N) is 1. The summed E-state index contributed by atoms with van der Waals surface area (Å²) in [4.78, 5) is 24.8. The molecule has 4 nitrogen and oxygen atoms in total. The van der Waals surface area contributed by atoms with Crippen LogP contribution in [-0.4, -0.2) is 17.6 Å². The quantitative estimate of drug-likeness (QED) is 0.687. The van der Waals surface area contributed by atoms with Crippen molar-refractivity contribution in [3.63, 3.8) is 0 Å². The van der Waals surface area contributed by atoms with Crippen molar-refractivity contribution in [1.29, 1.82) is 0 Å². The molecule has 0 fully saturated rings. The van der Waals surface area contributed by atoms with E-state index in [1.165, 1.54) is 0 Å². The van der Waals surface area contributed by atoms with Gasteiger partial charge in [-0.1, -0.05) is 0 Å². The number of hydrogen-bond acceptors (Lipinski definition) is 3. The highest BCUT2D eigenvalue weighted by Crippen LogP contribution is 2.22. The number of carbonyl (C=O) groups is 1. The number of hydrogen-bond donors (Lipinski definition) is 1. The molecule has 0 bridgehead atoms. The van der Waals surface area contributed by atoms with E-state index < -0.39 is 23.4 Å². The van der Waals surface area contributed by atoms with Gasteiger partial charge in [-0.2, -0.15) is 0 Å². The molecule has 0 amide bonds. The van der Waals surface area contributed by atoms with Gasteiger partial charge in [0.1, 0.15) is 5.69 Å². The molecule has 1 aromatic heterocycles. The smallest absolute Gasteiger partial charge is 0.354 e. The minimum absolute atomic E-state index is 0.134. The molecule has 0 atom stereocenters. The Hall–Kier alpha value is -1.24. The molecule has 1 aromatic rings. The number of carbonyl (C=O) groups excluding carboxylic acids is 1. The van der Waals surface area contributed by atoms with Gasteiger partial charge >= 0.3 is 5.97 Å². The van der Waals surface area contributed by atoms with Gasteiger partial charge < -0.3 is 9.72 Å². The van der Waals surface area contributed by atoms with Gasteiger partial charge in [-0.3, -0.25) is 4.79 Å². The lowest BCUT2D eigenvalue weighted by Crippen LogP contribution is -2.16. The van der Waals surface area contributed by atoms with Crippen LogP contribution in [0.4, 0.5) is 8.78 Å². The van der Waals surface area contributed by atoms with Crippen molar-refractivity contribution in [2.45, 2.75) is 13.3 Å². The average Bonchev–Trinajstić information content (AvgIpc) is 2.16. The van der Waals surface area contributed by atoms with Crippen molar-refractivity contribution in [3.05, 3.63) is 32.2 Å². The molecule has 0 saturated heterocycles. The van der Waals surface area contributed by atoms with Crippen LogP contribution in [0.1, 0.15) is 29.4 Å². The Morgan fingerprint density at radius 1 is 1.62 bits per heavy atom. The molecule has 1 heterocycles. The van der Waals surface area contributed by atoms with Gasteiger partial charge in [-0.15, -0.1) is 0 Å². The molecule has 0 spiro atoms. The molecule has 0 unspecified atom stereocenters. The predicted molar refractivity (Wildman–Crippen MR) is 55.7 cm³/mol. The van der Waals surface area contributed by atoms with E-state index in [0.29, 0.717) is 0 Å². The molecule has 88 valence electrons. The maximum absolute atomic E-state index is 12.4. The summed E-state index contributed by atoms with van der Waals surface area (Å²) in [5, 5.41) is 0. The van der Waals surface area contributed by atoms with Gasteiger partial charge in [0.15, 0.2) is 5.43 Å². The average molecular weight is 296 g/mol. The van der Waals surface area contributed by atoms with Crippen molar-refractivity contribution >= 4 is 21.9 Å². The summed E-state index contributed by atoms with van der Waals surface area (Å²) >= 11 is 2.77. The van der Waals surface area contributed by atoms with Crippen LogP contribution >= 0.6 is 15.9 Å². The summed E-state index contributed by atoms with van der Waals surface area (Å²) in [6, 6.07) is 0.796. The van der Waals surface area contributed by atoms with Gasteiger partial charge in [-0.25, -0.2) is 13.6 Å². The first-order chi connectivity index (χ1) is 7.47. The van der Waals surface area contributed by atoms with Gasteiger partial charge in [0.2, 0.25) is 0 Å². The van der Waals surface area contributed by atoms with Crippen LogP contribution in [0.5, 0.6) is 0 Å². The molecule has 0 aliphatic rings. The Balaban J connectivity index is 3.20. The van der Waals surface area contributed by atoms with Crippen LogP contribution in [-0.2, 0) is 4.74 Å². The fourth-order valence-electron chi connectivity index (χ4n) is 1.06. The number of ether oxygens (including phenoxy) is 1. The molecule has 0 aliphatic carbocycles. The number of aromatic nitrogens is 1. The van der Waals surface area contributed by atoms with E-state index >= 15 is 0 Å². The third-order valence-electron chi connectivity index (χ3n) is 1.74. The minimum atomic E-state index is -2.91. The zero-order valence-corrected chi connectivity index (χ0v) is 9.81. The summed E-state index contributed by atoms with van der Waals surface area (Å²) in [5.41, 5.74) is -1.78. The molecule has 0 aromatic carbocycles. The molecule has 7 heteroatoms. The zero-order valence-electron chi connectivity index (χ0n) is 8.22. The number of esters is 1. The number of aromatic amines is 1. The van der Waals surface area contributed by atoms with E-state index in [-0.39, 0.29) is 16.9 Å². The van der Waals surface area contributed by atoms with Crippen LogP contribution < -0.4 is 5.43 Å². The maximum atomic E-state index is 12.4. The highest BCUT2D eigenvalue weighted by atomic mass is 79.9. The Morgan fingerprint density at radius 3 is 2.69 bits per heavy atom. The summed E-state index contributed by atoms with van der Waals surface area (Å²) in [6.45, 7) is 1.73. The summed E-state index contributed by atoms with van der Waals surface area (Å²) < 4.78 is 29.2. The van der Waals surface area contributed by atoms with E-state index in [0.717, 1.165) is 6.07 Å². The predicted octanol–water partition coefficient (Wildman–Crippen LogP) is 2.25. The molecule has 0 aliphatic heterocycles. The first-order valence-electron chi connectivity index (χ1n) is 4.35. The van der Waals surface area contributed by atoms with E-state index in [4.69, 9.17) is 0 Å². The lowest BCUT2D eigenvalue weighted by atomic mass is 10.2. The largest absolute Gasteiger partial charge is 0.461 e. The van der Waals surface area contributed by atoms with Crippen molar-refractivity contribution in [1.82, 2.24) is 4.98 Å². The number of halogens is 3. The Labute approximate surface area is 97.7 Å². The van der Waals surface area contributed by atoms with Crippen molar-refractivity contribution in [3.8, 4) is 0 Å². The SMILES string of the molecule is CCOC(=O)c1cc(=O)c(C(F)F)c(Br)[nH]1. The molecule has 1 N–H and O–H groups in total.